The molecule has 0 aromatic heterocycles. The lowest BCUT2D eigenvalue weighted by atomic mass is 10.2. The van der Waals surface area contributed by atoms with Crippen LogP contribution in [0, 0.1) is 13.8 Å². The summed E-state index contributed by atoms with van der Waals surface area (Å²) in [5.41, 5.74) is 2.23. The van der Waals surface area contributed by atoms with Gasteiger partial charge in [-0.15, -0.1) is 0 Å². The van der Waals surface area contributed by atoms with Gasteiger partial charge in [-0.2, -0.15) is 4.31 Å². The highest BCUT2D eigenvalue weighted by atomic mass is 32.2. The van der Waals surface area contributed by atoms with Gasteiger partial charge in [0.05, 0.1) is 9.79 Å². The van der Waals surface area contributed by atoms with Crippen LogP contribution in [0.15, 0.2) is 52.3 Å². The highest BCUT2D eigenvalue weighted by Crippen LogP contribution is 2.18. The maximum Gasteiger partial charge on any atom is 0.243 e. The summed E-state index contributed by atoms with van der Waals surface area (Å²) < 4.78 is 54.1. The minimum absolute atomic E-state index is 0.0846. The molecule has 27 heavy (non-hydrogen) atoms. The number of nitrogens with one attached hydrogen (secondary N) is 1. The maximum atomic E-state index is 12.6. The quantitative estimate of drug-likeness (QED) is 0.725. The highest BCUT2D eigenvalue weighted by molar-refractivity contribution is 7.89. The van der Waals surface area contributed by atoms with Crippen molar-refractivity contribution in [1.82, 2.24) is 9.03 Å². The van der Waals surface area contributed by atoms with E-state index in [-0.39, 0.29) is 16.3 Å². The fourth-order valence-electron chi connectivity index (χ4n) is 2.74. The van der Waals surface area contributed by atoms with Gasteiger partial charge in [0.1, 0.15) is 0 Å². The van der Waals surface area contributed by atoms with E-state index in [4.69, 9.17) is 0 Å². The molecule has 0 atom stereocenters. The first kappa shape index (κ1) is 21.6. The fourth-order valence-corrected chi connectivity index (χ4v) is 5.55. The molecule has 0 bridgehead atoms. The summed E-state index contributed by atoms with van der Waals surface area (Å²) in [5, 5.41) is 0. The van der Waals surface area contributed by atoms with Crippen molar-refractivity contribution < 1.29 is 16.8 Å². The van der Waals surface area contributed by atoms with Gasteiger partial charge in [0.25, 0.3) is 0 Å². The molecule has 0 aliphatic carbocycles. The molecule has 0 saturated carbocycles. The van der Waals surface area contributed by atoms with E-state index in [2.05, 4.69) is 4.72 Å². The molecule has 148 valence electrons. The van der Waals surface area contributed by atoms with E-state index in [0.717, 1.165) is 5.56 Å². The molecule has 0 saturated heterocycles. The molecule has 0 amide bonds. The molecule has 2 aromatic rings. The first-order valence-corrected chi connectivity index (χ1v) is 11.7. The fraction of sp³-hybridized carbons (Fsp3) is 0.368. The van der Waals surface area contributed by atoms with Gasteiger partial charge in [-0.3, -0.25) is 0 Å². The molecule has 8 heteroatoms. The Balaban J connectivity index is 2.17. The maximum absolute atomic E-state index is 12.6. The van der Waals surface area contributed by atoms with Crippen LogP contribution in [0.5, 0.6) is 0 Å². The van der Waals surface area contributed by atoms with Crippen molar-refractivity contribution in [2.75, 3.05) is 13.1 Å². The van der Waals surface area contributed by atoms with Gasteiger partial charge in [0.2, 0.25) is 20.0 Å². The van der Waals surface area contributed by atoms with Crippen molar-refractivity contribution in [3.8, 4) is 0 Å². The second-order valence-corrected chi connectivity index (χ2v) is 10.0. The molecule has 0 aliphatic rings. The summed E-state index contributed by atoms with van der Waals surface area (Å²) in [6.07, 6.45) is 0. The number of nitrogens with zero attached hydrogens (tertiary/aromatic N) is 1. The molecule has 2 aromatic carbocycles. The number of benzene rings is 2. The molecule has 6 nitrogen and oxygen atoms in total. The second-order valence-electron chi connectivity index (χ2n) is 6.33. The Morgan fingerprint density at radius 1 is 0.889 bits per heavy atom. The van der Waals surface area contributed by atoms with E-state index in [1.54, 1.807) is 45.0 Å². The van der Waals surface area contributed by atoms with Gasteiger partial charge in [-0.25, -0.2) is 21.6 Å². The lowest BCUT2D eigenvalue weighted by Gasteiger charge is -2.18. The topological polar surface area (TPSA) is 83.6 Å². The van der Waals surface area contributed by atoms with Gasteiger partial charge < -0.3 is 0 Å². The SMILES string of the molecule is CCN(CC)S(=O)(=O)c1ccc(CNS(=O)(=O)c2cc(C)ccc2C)cc1. The summed E-state index contributed by atoms with van der Waals surface area (Å²) in [6, 6.07) is 11.5. The van der Waals surface area contributed by atoms with Gasteiger partial charge in [-0.1, -0.05) is 38.1 Å². The molecule has 0 radical (unpaired) electrons. The Morgan fingerprint density at radius 2 is 1.48 bits per heavy atom. The van der Waals surface area contributed by atoms with Gasteiger partial charge >= 0.3 is 0 Å². The minimum Gasteiger partial charge on any atom is -0.207 e. The van der Waals surface area contributed by atoms with Gasteiger partial charge in [-0.05, 0) is 48.7 Å². The smallest absolute Gasteiger partial charge is 0.207 e. The summed E-state index contributed by atoms with van der Waals surface area (Å²) in [6.45, 7) is 8.05. The molecule has 0 aliphatic heterocycles. The van der Waals surface area contributed by atoms with E-state index in [1.165, 1.54) is 16.4 Å². The molecule has 0 heterocycles. The van der Waals surface area contributed by atoms with Crippen molar-refractivity contribution in [3.63, 3.8) is 0 Å². The molecule has 0 spiro atoms. The Labute approximate surface area is 162 Å². The number of hydrogen-bond donors (Lipinski definition) is 1. The molecule has 0 fully saturated rings. The van der Waals surface area contributed by atoms with E-state index in [0.29, 0.717) is 24.2 Å². The zero-order valence-electron chi connectivity index (χ0n) is 16.1. The number of sulfonamides is 2. The first-order chi connectivity index (χ1) is 12.6. The van der Waals surface area contributed by atoms with Gasteiger partial charge in [0, 0.05) is 19.6 Å². The second kappa shape index (κ2) is 8.52. The van der Waals surface area contributed by atoms with E-state index in [1.807, 2.05) is 13.0 Å². The van der Waals surface area contributed by atoms with Crippen LogP contribution in [-0.2, 0) is 26.6 Å². The molecular formula is C19H26N2O4S2. The van der Waals surface area contributed by atoms with Crippen LogP contribution in [0.3, 0.4) is 0 Å². The third-order valence-electron chi connectivity index (χ3n) is 4.37. The number of hydrogen-bond acceptors (Lipinski definition) is 4. The van der Waals surface area contributed by atoms with Crippen LogP contribution in [0.25, 0.3) is 0 Å². The Bertz CT molecular complexity index is 995. The normalized spacial score (nSPS) is 12.5. The van der Waals surface area contributed by atoms with Crippen molar-refractivity contribution in [2.24, 2.45) is 0 Å². The lowest BCUT2D eigenvalue weighted by molar-refractivity contribution is 0.445. The third-order valence-corrected chi connectivity index (χ3v) is 7.97. The van der Waals surface area contributed by atoms with Crippen LogP contribution >= 0.6 is 0 Å². The van der Waals surface area contributed by atoms with Crippen LogP contribution < -0.4 is 4.72 Å². The Morgan fingerprint density at radius 3 is 2.04 bits per heavy atom. The average Bonchev–Trinajstić information content (AvgIpc) is 2.63. The van der Waals surface area contributed by atoms with Gasteiger partial charge in [0.15, 0.2) is 0 Å². The largest absolute Gasteiger partial charge is 0.243 e. The number of rotatable bonds is 8. The van der Waals surface area contributed by atoms with Crippen LogP contribution in [0.2, 0.25) is 0 Å². The monoisotopic (exact) mass is 410 g/mol. The van der Waals surface area contributed by atoms with Crippen molar-refractivity contribution >= 4 is 20.0 Å². The third kappa shape index (κ3) is 4.95. The summed E-state index contributed by atoms with van der Waals surface area (Å²) in [7, 11) is -7.17. The summed E-state index contributed by atoms with van der Waals surface area (Å²) >= 11 is 0. The zero-order chi connectivity index (χ0) is 20.2. The molecule has 1 N–H and O–H groups in total. The van der Waals surface area contributed by atoms with Crippen molar-refractivity contribution in [1.29, 1.82) is 0 Å². The first-order valence-electron chi connectivity index (χ1n) is 8.77. The predicted octanol–water partition coefficient (Wildman–Crippen LogP) is 2.81. The van der Waals surface area contributed by atoms with Crippen molar-refractivity contribution in [3.05, 3.63) is 59.2 Å². The highest BCUT2D eigenvalue weighted by Gasteiger charge is 2.21. The average molecular weight is 411 g/mol. The summed E-state index contributed by atoms with van der Waals surface area (Å²) in [5.74, 6) is 0. The van der Waals surface area contributed by atoms with E-state index >= 15 is 0 Å². The molecule has 0 unspecified atom stereocenters. The van der Waals surface area contributed by atoms with Crippen molar-refractivity contribution in [2.45, 2.75) is 44.0 Å². The molecular weight excluding hydrogens is 384 g/mol. The summed E-state index contributed by atoms with van der Waals surface area (Å²) in [4.78, 5) is 0.454. The van der Waals surface area contributed by atoms with E-state index in [9.17, 15) is 16.8 Å². The van der Waals surface area contributed by atoms with Crippen LogP contribution in [0.4, 0.5) is 0 Å². The number of aryl methyl sites for hydroxylation is 2. The Hall–Kier alpha value is -1.74. The lowest BCUT2D eigenvalue weighted by Crippen LogP contribution is -2.30. The Kier molecular flexibility index (Phi) is 6.80. The minimum atomic E-state index is -3.65. The van der Waals surface area contributed by atoms with Crippen LogP contribution in [0.1, 0.15) is 30.5 Å². The van der Waals surface area contributed by atoms with Crippen LogP contribution in [-0.4, -0.2) is 34.2 Å². The zero-order valence-corrected chi connectivity index (χ0v) is 17.7. The standard InChI is InChI=1S/C19H26N2O4S2/c1-5-21(6-2)27(24,25)18-11-9-17(10-12-18)14-20-26(22,23)19-13-15(3)7-8-16(19)4/h7-13,20H,5-6,14H2,1-4H3. The molecule has 2 rings (SSSR count). The predicted molar refractivity (Wildman–Crippen MR) is 106 cm³/mol. The van der Waals surface area contributed by atoms with E-state index < -0.39 is 20.0 Å².